The Hall–Kier alpha value is -2.92. The predicted octanol–water partition coefficient (Wildman–Crippen LogP) is 3.62. The Morgan fingerprint density at radius 3 is 2.48 bits per heavy atom. The third-order valence-corrected chi connectivity index (χ3v) is 4.57. The Kier molecular flexibility index (Phi) is 6.04. The largest absolute Gasteiger partial charge is 0.329 e. The summed E-state index contributed by atoms with van der Waals surface area (Å²) in [6.07, 6.45) is 3.79. The lowest BCUT2D eigenvalue weighted by Crippen LogP contribution is -2.31. The fourth-order valence-electron chi connectivity index (χ4n) is 3.15. The van der Waals surface area contributed by atoms with Gasteiger partial charge in [0, 0.05) is 24.6 Å². The average Bonchev–Trinajstić information content (AvgIpc) is 3.05. The second-order valence-corrected chi connectivity index (χ2v) is 6.94. The van der Waals surface area contributed by atoms with Crippen molar-refractivity contribution < 1.29 is 4.79 Å². The lowest BCUT2D eigenvalue weighted by molar-refractivity contribution is -0.117. The van der Waals surface area contributed by atoms with E-state index in [0.717, 1.165) is 29.2 Å². The summed E-state index contributed by atoms with van der Waals surface area (Å²) in [7, 11) is 1.94. The number of carbonyl (C=O) groups is 1. The molecular formula is C22H26N4O. The summed E-state index contributed by atoms with van der Waals surface area (Å²) >= 11 is 0. The molecule has 1 heterocycles. The summed E-state index contributed by atoms with van der Waals surface area (Å²) < 4.78 is 2.12. The first-order chi connectivity index (χ1) is 13.0. The highest BCUT2D eigenvalue weighted by Gasteiger charge is 2.12. The maximum absolute atomic E-state index is 12.5. The highest BCUT2D eigenvalue weighted by Crippen LogP contribution is 2.19. The number of aromatic nitrogens is 2. The standard InChI is InChI=1S/C22H26N4O/c1-17-8-7-9-18(2)22(17)24-21(27)16-25(3)15-20-23-12-13-26(20)14-19-10-5-4-6-11-19/h4-13H,14-16H2,1-3H3,(H,24,27). The minimum atomic E-state index is -0.0175. The van der Waals surface area contributed by atoms with Gasteiger partial charge in [0.2, 0.25) is 5.91 Å². The fourth-order valence-corrected chi connectivity index (χ4v) is 3.15. The molecule has 0 saturated carbocycles. The fraction of sp³-hybridized carbons (Fsp3) is 0.273. The number of carbonyl (C=O) groups excluding carboxylic acids is 1. The third-order valence-electron chi connectivity index (χ3n) is 4.57. The molecule has 5 nitrogen and oxygen atoms in total. The van der Waals surface area contributed by atoms with E-state index in [2.05, 4.69) is 27.0 Å². The van der Waals surface area contributed by atoms with Gasteiger partial charge < -0.3 is 9.88 Å². The van der Waals surface area contributed by atoms with E-state index in [9.17, 15) is 4.79 Å². The van der Waals surface area contributed by atoms with Gasteiger partial charge in [-0.25, -0.2) is 4.98 Å². The third kappa shape index (κ3) is 5.05. The highest BCUT2D eigenvalue weighted by molar-refractivity contribution is 5.93. The van der Waals surface area contributed by atoms with Gasteiger partial charge in [0.15, 0.2) is 0 Å². The highest BCUT2D eigenvalue weighted by atomic mass is 16.2. The van der Waals surface area contributed by atoms with E-state index in [1.165, 1.54) is 5.56 Å². The SMILES string of the molecule is Cc1cccc(C)c1NC(=O)CN(C)Cc1nccn1Cc1ccccc1. The summed E-state index contributed by atoms with van der Waals surface area (Å²) in [6, 6.07) is 16.3. The van der Waals surface area contributed by atoms with Gasteiger partial charge in [0.25, 0.3) is 0 Å². The number of likely N-dealkylation sites (N-methyl/N-ethyl adjacent to an activating group) is 1. The molecule has 1 amide bonds. The van der Waals surface area contributed by atoms with Crippen LogP contribution in [0.15, 0.2) is 60.9 Å². The second kappa shape index (κ2) is 8.64. The van der Waals surface area contributed by atoms with Gasteiger partial charge >= 0.3 is 0 Å². The molecule has 27 heavy (non-hydrogen) atoms. The van der Waals surface area contributed by atoms with Crippen LogP contribution in [0.3, 0.4) is 0 Å². The minimum absolute atomic E-state index is 0.0175. The minimum Gasteiger partial charge on any atom is -0.329 e. The molecule has 0 aliphatic rings. The quantitative estimate of drug-likeness (QED) is 0.698. The zero-order valence-corrected chi connectivity index (χ0v) is 16.1. The van der Waals surface area contributed by atoms with Crippen molar-refractivity contribution in [3.8, 4) is 0 Å². The van der Waals surface area contributed by atoms with E-state index >= 15 is 0 Å². The van der Waals surface area contributed by atoms with Gasteiger partial charge in [-0.3, -0.25) is 9.69 Å². The number of aryl methyl sites for hydroxylation is 2. The molecule has 0 atom stereocenters. The van der Waals surface area contributed by atoms with Gasteiger partial charge in [-0.2, -0.15) is 0 Å². The summed E-state index contributed by atoms with van der Waals surface area (Å²) in [5.41, 5.74) is 4.28. The number of anilines is 1. The van der Waals surface area contributed by atoms with Crippen LogP contribution in [0.4, 0.5) is 5.69 Å². The van der Waals surface area contributed by atoms with Gasteiger partial charge in [-0.05, 0) is 37.6 Å². The van der Waals surface area contributed by atoms with E-state index in [0.29, 0.717) is 13.1 Å². The summed E-state index contributed by atoms with van der Waals surface area (Å²) in [5.74, 6) is 0.928. The van der Waals surface area contributed by atoms with Crippen LogP contribution in [0, 0.1) is 13.8 Å². The number of nitrogens with zero attached hydrogens (tertiary/aromatic N) is 3. The number of hydrogen-bond acceptors (Lipinski definition) is 3. The zero-order chi connectivity index (χ0) is 19.2. The van der Waals surface area contributed by atoms with Gasteiger partial charge in [0.05, 0.1) is 13.1 Å². The van der Waals surface area contributed by atoms with E-state index in [-0.39, 0.29) is 5.91 Å². The van der Waals surface area contributed by atoms with Gasteiger partial charge in [-0.15, -0.1) is 0 Å². The van der Waals surface area contributed by atoms with Crippen molar-refractivity contribution in [3.05, 3.63) is 83.4 Å². The Balaban J connectivity index is 1.59. The monoisotopic (exact) mass is 362 g/mol. The normalized spacial score (nSPS) is 11.0. The molecular weight excluding hydrogens is 336 g/mol. The van der Waals surface area contributed by atoms with Crippen molar-refractivity contribution in [2.75, 3.05) is 18.9 Å². The lowest BCUT2D eigenvalue weighted by atomic mass is 10.1. The molecule has 140 valence electrons. The smallest absolute Gasteiger partial charge is 0.238 e. The Morgan fingerprint density at radius 1 is 1.07 bits per heavy atom. The van der Waals surface area contributed by atoms with E-state index in [4.69, 9.17) is 0 Å². The number of hydrogen-bond donors (Lipinski definition) is 1. The number of rotatable bonds is 7. The molecule has 0 bridgehead atoms. The maximum atomic E-state index is 12.5. The Bertz CT molecular complexity index is 881. The molecule has 3 rings (SSSR count). The molecule has 5 heteroatoms. The van der Waals surface area contributed by atoms with Crippen LogP contribution in [0.25, 0.3) is 0 Å². The zero-order valence-electron chi connectivity index (χ0n) is 16.1. The summed E-state index contributed by atoms with van der Waals surface area (Å²) in [5, 5.41) is 3.04. The summed E-state index contributed by atoms with van der Waals surface area (Å²) in [4.78, 5) is 18.9. The molecule has 0 fully saturated rings. The summed E-state index contributed by atoms with van der Waals surface area (Å²) in [6.45, 7) is 5.71. The predicted molar refractivity (Wildman–Crippen MR) is 109 cm³/mol. The van der Waals surface area contributed by atoms with Crippen molar-refractivity contribution in [3.63, 3.8) is 0 Å². The second-order valence-electron chi connectivity index (χ2n) is 6.94. The molecule has 0 saturated heterocycles. The van der Waals surface area contributed by atoms with Crippen LogP contribution in [-0.2, 0) is 17.9 Å². The number of imidazole rings is 1. The Labute approximate surface area is 160 Å². The van der Waals surface area contributed by atoms with Crippen molar-refractivity contribution >= 4 is 11.6 Å². The molecule has 0 radical (unpaired) electrons. The van der Waals surface area contributed by atoms with Gasteiger partial charge in [-0.1, -0.05) is 48.5 Å². The van der Waals surface area contributed by atoms with Crippen molar-refractivity contribution in [1.82, 2.24) is 14.5 Å². The van der Waals surface area contributed by atoms with Crippen LogP contribution in [0.1, 0.15) is 22.5 Å². The van der Waals surface area contributed by atoms with Crippen molar-refractivity contribution in [2.24, 2.45) is 0 Å². The first-order valence-electron chi connectivity index (χ1n) is 9.11. The first-order valence-corrected chi connectivity index (χ1v) is 9.11. The molecule has 0 aliphatic carbocycles. The molecule has 0 aliphatic heterocycles. The number of benzene rings is 2. The van der Waals surface area contributed by atoms with Crippen LogP contribution in [0.5, 0.6) is 0 Å². The Morgan fingerprint density at radius 2 is 1.78 bits per heavy atom. The van der Waals surface area contributed by atoms with Crippen LogP contribution >= 0.6 is 0 Å². The van der Waals surface area contributed by atoms with E-state index in [1.807, 2.05) is 74.6 Å². The van der Waals surface area contributed by atoms with Crippen LogP contribution in [0.2, 0.25) is 0 Å². The molecule has 0 unspecified atom stereocenters. The van der Waals surface area contributed by atoms with Gasteiger partial charge in [0.1, 0.15) is 5.82 Å². The maximum Gasteiger partial charge on any atom is 0.238 e. The van der Waals surface area contributed by atoms with E-state index in [1.54, 1.807) is 0 Å². The molecule has 2 aromatic carbocycles. The average molecular weight is 362 g/mol. The van der Waals surface area contributed by atoms with Crippen molar-refractivity contribution in [1.29, 1.82) is 0 Å². The first kappa shape index (κ1) is 18.9. The molecule has 1 aromatic heterocycles. The molecule has 3 aromatic rings. The number of nitrogens with one attached hydrogen (secondary N) is 1. The molecule has 1 N–H and O–H groups in total. The van der Waals surface area contributed by atoms with Crippen LogP contribution < -0.4 is 5.32 Å². The lowest BCUT2D eigenvalue weighted by Gasteiger charge is -2.18. The molecule has 0 spiro atoms. The number of amides is 1. The van der Waals surface area contributed by atoms with Crippen LogP contribution in [-0.4, -0.2) is 34.0 Å². The topological polar surface area (TPSA) is 50.2 Å². The number of para-hydroxylation sites is 1. The van der Waals surface area contributed by atoms with Crippen molar-refractivity contribution in [2.45, 2.75) is 26.9 Å². The van der Waals surface area contributed by atoms with E-state index < -0.39 is 0 Å².